The zero-order valence-electron chi connectivity index (χ0n) is 21.9. The van der Waals surface area contributed by atoms with Crippen molar-refractivity contribution in [1.29, 1.82) is 0 Å². The molecule has 4 aromatic rings. The molecule has 0 amide bonds. The van der Waals surface area contributed by atoms with E-state index in [2.05, 4.69) is 27.3 Å². The number of imidazole rings is 1. The Hall–Kier alpha value is -3.47. The van der Waals surface area contributed by atoms with Gasteiger partial charge in [0, 0.05) is 19.3 Å². The first-order valence-electron chi connectivity index (χ1n) is 13.3. The van der Waals surface area contributed by atoms with Crippen molar-refractivity contribution in [2.24, 2.45) is 11.7 Å². The summed E-state index contributed by atoms with van der Waals surface area (Å²) in [4.78, 5) is 8.78. The molecule has 0 unspecified atom stereocenters. The second kappa shape index (κ2) is 9.93. The molecule has 1 aromatic carbocycles. The molecule has 2 fully saturated rings. The number of rotatable bonds is 6. The van der Waals surface area contributed by atoms with E-state index in [0.717, 1.165) is 30.5 Å². The van der Waals surface area contributed by atoms with Crippen LogP contribution in [0.2, 0.25) is 0 Å². The van der Waals surface area contributed by atoms with Crippen LogP contribution >= 0.6 is 0 Å². The molecule has 0 radical (unpaired) electrons. The standard InChI is InChI=1S/C29H32F2N6O2/c1-16-10-17(11-23(32)27(16)39-2)20-6-9-33-15-25(20)35-28-34-14-19-4-5-24(36-37(19)28)26-21(30)12-18(13-22(26)31)29(38)7-3-8-29/h4-6,9,12-17,23,27,38H,3,7-8,10-11,32H2,1-2H3,(H,34,35)/t16-,17+,23+,27+/m0/s1. The fourth-order valence-electron chi connectivity index (χ4n) is 6.20. The third-order valence-electron chi connectivity index (χ3n) is 8.41. The molecule has 10 heteroatoms. The number of nitrogens with zero attached hydrogens (tertiary/aromatic N) is 4. The van der Waals surface area contributed by atoms with Crippen molar-refractivity contribution < 1.29 is 18.6 Å². The molecule has 204 valence electrons. The van der Waals surface area contributed by atoms with Crippen LogP contribution in [-0.2, 0) is 10.3 Å². The molecule has 0 aliphatic heterocycles. The average molecular weight is 535 g/mol. The Bertz CT molecular complexity index is 1490. The number of halogens is 2. The van der Waals surface area contributed by atoms with E-state index in [1.807, 2.05) is 6.07 Å². The number of methoxy groups -OCH3 is 1. The van der Waals surface area contributed by atoms with Gasteiger partial charge in [-0.2, -0.15) is 9.61 Å². The zero-order valence-corrected chi connectivity index (χ0v) is 21.9. The van der Waals surface area contributed by atoms with Gasteiger partial charge in [0.2, 0.25) is 5.95 Å². The Morgan fingerprint density at radius 1 is 1.13 bits per heavy atom. The van der Waals surface area contributed by atoms with Gasteiger partial charge in [-0.3, -0.25) is 4.98 Å². The van der Waals surface area contributed by atoms with Gasteiger partial charge in [0.25, 0.3) is 0 Å². The molecular formula is C29H32F2N6O2. The Morgan fingerprint density at radius 3 is 2.56 bits per heavy atom. The summed E-state index contributed by atoms with van der Waals surface area (Å²) in [7, 11) is 1.70. The molecule has 3 heterocycles. The summed E-state index contributed by atoms with van der Waals surface area (Å²) in [6, 6.07) is 7.60. The van der Waals surface area contributed by atoms with Crippen LogP contribution in [0.5, 0.6) is 0 Å². The number of nitrogens with two attached hydrogens (primary N) is 1. The number of benzene rings is 1. The number of aromatic nitrogens is 4. The van der Waals surface area contributed by atoms with Crippen LogP contribution < -0.4 is 11.1 Å². The number of nitrogens with one attached hydrogen (secondary N) is 1. The van der Waals surface area contributed by atoms with Crippen LogP contribution in [0.1, 0.15) is 56.1 Å². The number of hydrogen-bond donors (Lipinski definition) is 3. The minimum absolute atomic E-state index is 0.0184. The van der Waals surface area contributed by atoms with Crippen molar-refractivity contribution in [3.8, 4) is 11.3 Å². The van der Waals surface area contributed by atoms with Crippen LogP contribution in [0.25, 0.3) is 16.8 Å². The van der Waals surface area contributed by atoms with E-state index in [4.69, 9.17) is 10.5 Å². The molecule has 39 heavy (non-hydrogen) atoms. The van der Waals surface area contributed by atoms with E-state index in [-0.39, 0.29) is 34.9 Å². The van der Waals surface area contributed by atoms with Crippen molar-refractivity contribution in [2.75, 3.05) is 12.4 Å². The zero-order chi connectivity index (χ0) is 27.3. The van der Waals surface area contributed by atoms with Gasteiger partial charge in [0.1, 0.15) is 11.6 Å². The highest BCUT2D eigenvalue weighted by Crippen LogP contribution is 2.43. The maximum Gasteiger partial charge on any atom is 0.229 e. The van der Waals surface area contributed by atoms with Gasteiger partial charge in [0.15, 0.2) is 0 Å². The van der Waals surface area contributed by atoms with E-state index in [0.29, 0.717) is 30.2 Å². The number of pyridine rings is 1. The second-order valence-electron chi connectivity index (χ2n) is 10.9. The quantitative estimate of drug-likeness (QED) is 0.318. The molecule has 0 spiro atoms. The SMILES string of the molecule is CO[C@H]1[C@H](N)C[C@H](c2ccncc2Nc2ncc3ccc(-c4c(F)cc(C5(O)CCC5)cc4F)nn23)C[C@@H]1C. The fraction of sp³-hybridized carbons (Fsp3) is 0.414. The Morgan fingerprint density at radius 2 is 1.90 bits per heavy atom. The molecule has 6 rings (SSSR count). The minimum atomic E-state index is -1.16. The van der Waals surface area contributed by atoms with E-state index in [1.54, 1.807) is 37.8 Å². The lowest BCUT2D eigenvalue weighted by molar-refractivity contribution is -0.0392. The predicted octanol–water partition coefficient (Wildman–Crippen LogP) is 5.04. The van der Waals surface area contributed by atoms with Gasteiger partial charge in [0.05, 0.1) is 46.6 Å². The summed E-state index contributed by atoms with van der Waals surface area (Å²) < 4.78 is 37.5. The Balaban J connectivity index is 1.32. The van der Waals surface area contributed by atoms with Crippen LogP contribution in [0, 0.1) is 17.6 Å². The highest BCUT2D eigenvalue weighted by Gasteiger charge is 2.38. The lowest BCUT2D eigenvalue weighted by atomic mass is 9.74. The molecule has 3 aromatic heterocycles. The highest BCUT2D eigenvalue weighted by molar-refractivity contribution is 5.66. The molecular weight excluding hydrogens is 502 g/mol. The first kappa shape index (κ1) is 25.8. The first-order chi connectivity index (χ1) is 18.8. The predicted molar refractivity (Wildman–Crippen MR) is 144 cm³/mol. The van der Waals surface area contributed by atoms with Crippen LogP contribution in [0.15, 0.2) is 48.9 Å². The van der Waals surface area contributed by atoms with Gasteiger partial charge >= 0.3 is 0 Å². The van der Waals surface area contributed by atoms with Crippen LogP contribution in [0.4, 0.5) is 20.4 Å². The molecule has 0 saturated heterocycles. The van der Waals surface area contributed by atoms with E-state index in [1.165, 1.54) is 16.6 Å². The number of hydrogen-bond acceptors (Lipinski definition) is 7. The molecule has 2 aliphatic carbocycles. The molecule has 4 N–H and O–H groups in total. The largest absolute Gasteiger partial charge is 0.385 e. The molecule has 0 bridgehead atoms. The first-order valence-corrected chi connectivity index (χ1v) is 13.3. The summed E-state index contributed by atoms with van der Waals surface area (Å²) >= 11 is 0. The van der Waals surface area contributed by atoms with Crippen LogP contribution in [0.3, 0.4) is 0 Å². The maximum atomic E-state index is 15.2. The maximum absolute atomic E-state index is 15.2. The molecule has 8 nitrogen and oxygen atoms in total. The Labute approximate surface area is 225 Å². The van der Waals surface area contributed by atoms with Crippen molar-refractivity contribution in [2.45, 2.75) is 62.7 Å². The fourth-order valence-corrected chi connectivity index (χ4v) is 6.20. The average Bonchev–Trinajstić information content (AvgIpc) is 3.29. The summed E-state index contributed by atoms with van der Waals surface area (Å²) in [6.45, 7) is 2.15. The summed E-state index contributed by atoms with van der Waals surface area (Å²) in [6.07, 6.45) is 8.66. The van der Waals surface area contributed by atoms with Gasteiger partial charge in [-0.1, -0.05) is 6.92 Å². The van der Waals surface area contributed by atoms with E-state index in [9.17, 15) is 5.11 Å². The number of anilines is 2. The summed E-state index contributed by atoms with van der Waals surface area (Å²) in [5, 5.41) is 18.4. The number of ether oxygens (including phenoxy) is 1. The van der Waals surface area contributed by atoms with Gasteiger partial charge in [-0.15, -0.1) is 0 Å². The van der Waals surface area contributed by atoms with Crippen molar-refractivity contribution >= 4 is 17.2 Å². The Kier molecular flexibility index (Phi) is 6.57. The topological polar surface area (TPSA) is 111 Å². The van der Waals surface area contributed by atoms with E-state index < -0.39 is 17.2 Å². The summed E-state index contributed by atoms with van der Waals surface area (Å²) in [5.41, 5.74) is 7.91. The lowest BCUT2D eigenvalue weighted by Gasteiger charge is -2.38. The third kappa shape index (κ3) is 4.56. The monoisotopic (exact) mass is 534 g/mol. The second-order valence-corrected chi connectivity index (χ2v) is 10.9. The van der Waals surface area contributed by atoms with E-state index >= 15 is 8.78 Å². The van der Waals surface area contributed by atoms with Crippen molar-refractivity contribution in [1.82, 2.24) is 19.6 Å². The van der Waals surface area contributed by atoms with Gasteiger partial charge in [-0.05, 0) is 85.4 Å². The smallest absolute Gasteiger partial charge is 0.229 e. The van der Waals surface area contributed by atoms with Crippen molar-refractivity contribution in [3.63, 3.8) is 0 Å². The highest BCUT2D eigenvalue weighted by atomic mass is 19.1. The van der Waals surface area contributed by atoms with Gasteiger partial charge < -0.3 is 20.9 Å². The normalized spacial score (nSPS) is 24.5. The summed E-state index contributed by atoms with van der Waals surface area (Å²) in [5.74, 6) is -0.640. The molecule has 2 aliphatic rings. The van der Waals surface area contributed by atoms with Gasteiger partial charge in [-0.25, -0.2) is 13.8 Å². The molecule has 4 atom stereocenters. The van der Waals surface area contributed by atoms with Crippen LogP contribution in [-0.4, -0.2) is 43.9 Å². The van der Waals surface area contributed by atoms with Crippen molar-refractivity contribution in [3.05, 3.63) is 71.7 Å². The minimum Gasteiger partial charge on any atom is -0.385 e. The third-order valence-corrected chi connectivity index (χ3v) is 8.41. The molecule has 2 saturated carbocycles. The number of aliphatic hydroxyl groups is 1. The number of fused-ring (bicyclic) bond motifs is 1. The lowest BCUT2D eigenvalue weighted by Crippen LogP contribution is -2.45.